The standard InChI is InChI=1S/C28H30N4O2/c33-28(29-20-24-10-7-19-34-24)25-11-6-12-26-27(25)30-21-32(26)16-5-4-15-31-17-13-23(14-18-31)22-8-2-1-3-9-22/h1-3,6-13,19,21H,4-5,14-18,20H2,(H,29,33). The molecule has 1 aliphatic rings. The van der Waals surface area contributed by atoms with E-state index in [1.807, 2.05) is 36.7 Å². The number of para-hydroxylation sites is 1. The van der Waals surface area contributed by atoms with Crippen molar-refractivity contribution in [2.24, 2.45) is 0 Å². The highest BCUT2D eigenvalue weighted by Crippen LogP contribution is 2.22. The van der Waals surface area contributed by atoms with Crippen LogP contribution in [-0.4, -0.2) is 40.0 Å². The van der Waals surface area contributed by atoms with E-state index in [2.05, 4.69) is 56.2 Å². The fourth-order valence-corrected chi connectivity index (χ4v) is 4.57. The summed E-state index contributed by atoms with van der Waals surface area (Å²) in [5.41, 5.74) is 5.15. The Labute approximate surface area is 199 Å². The molecule has 3 heterocycles. The second-order valence-electron chi connectivity index (χ2n) is 8.73. The molecule has 0 spiro atoms. The quantitative estimate of drug-likeness (QED) is 0.356. The zero-order chi connectivity index (χ0) is 23.2. The molecule has 0 atom stereocenters. The van der Waals surface area contributed by atoms with Gasteiger partial charge in [0.05, 0.1) is 30.2 Å². The minimum Gasteiger partial charge on any atom is -0.467 e. The van der Waals surface area contributed by atoms with Crippen molar-refractivity contribution in [3.05, 3.63) is 96.2 Å². The van der Waals surface area contributed by atoms with Crippen LogP contribution in [0, 0.1) is 0 Å². The SMILES string of the molecule is O=C(NCc1ccco1)c1cccc2c1ncn2CCCCN1CC=C(c2ccccc2)CC1. The summed E-state index contributed by atoms with van der Waals surface area (Å²) in [4.78, 5) is 19.8. The van der Waals surface area contributed by atoms with Crippen LogP contribution in [0.15, 0.2) is 83.7 Å². The summed E-state index contributed by atoms with van der Waals surface area (Å²) >= 11 is 0. The van der Waals surface area contributed by atoms with Crippen molar-refractivity contribution in [2.45, 2.75) is 32.4 Å². The lowest BCUT2D eigenvalue weighted by atomic mass is 9.99. The number of furan rings is 1. The van der Waals surface area contributed by atoms with Gasteiger partial charge in [0.2, 0.25) is 0 Å². The number of unbranched alkanes of at least 4 members (excludes halogenated alkanes) is 1. The van der Waals surface area contributed by atoms with Gasteiger partial charge < -0.3 is 14.3 Å². The van der Waals surface area contributed by atoms with Crippen molar-refractivity contribution >= 4 is 22.5 Å². The summed E-state index contributed by atoms with van der Waals surface area (Å²) in [7, 11) is 0. The highest BCUT2D eigenvalue weighted by molar-refractivity contribution is 6.04. The van der Waals surface area contributed by atoms with E-state index in [4.69, 9.17) is 4.42 Å². The third-order valence-electron chi connectivity index (χ3n) is 6.46. The van der Waals surface area contributed by atoms with E-state index in [9.17, 15) is 4.79 Å². The first-order chi connectivity index (χ1) is 16.8. The van der Waals surface area contributed by atoms with E-state index >= 15 is 0 Å². The summed E-state index contributed by atoms with van der Waals surface area (Å²) in [6.07, 6.45) is 9.16. The van der Waals surface area contributed by atoms with Gasteiger partial charge in [-0.25, -0.2) is 4.98 Å². The molecular formula is C28H30N4O2. The van der Waals surface area contributed by atoms with E-state index in [1.165, 1.54) is 11.1 Å². The minimum absolute atomic E-state index is 0.139. The molecule has 6 heteroatoms. The smallest absolute Gasteiger partial charge is 0.253 e. The Kier molecular flexibility index (Phi) is 6.86. The molecule has 2 aromatic heterocycles. The summed E-state index contributed by atoms with van der Waals surface area (Å²) in [5.74, 6) is 0.590. The molecule has 5 rings (SSSR count). The van der Waals surface area contributed by atoms with Crippen LogP contribution in [0.3, 0.4) is 0 Å². The highest BCUT2D eigenvalue weighted by atomic mass is 16.3. The monoisotopic (exact) mass is 454 g/mol. The number of nitrogens with one attached hydrogen (secondary N) is 1. The average Bonchev–Trinajstić information content (AvgIpc) is 3.56. The molecule has 174 valence electrons. The number of carbonyl (C=O) groups is 1. The molecule has 6 nitrogen and oxygen atoms in total. The molecule has 34 heavy (non-hydrogen) atoms. The lowest BCUT2D eigenvalue weighted by Gasteiger charge is -2.26. The number of fused-ring (bicyclic) bond motifs is 1. The van der Waals surface area contributed by atoms with Crippen LogP contribution in [0.1, 0.15) is 40.9 Å². The van der Waals surface area contributed by atoms with Gasteiger partial charge in [0.25, 0.3) is 5.91 Å². The number of aryl methyl sites for hydroxylation is 1. The summed E-state index contributed by atoms with van der Waals surface area (Å²) < 4.78 is 7.45. The number of aromatic nitrogens is 2. The lowest BCUT2D eigenvalue weighted by molar-refractivity contribution is 0.0949. The fourth-order valence-electron chi connectivity index (χ4n) is 4.57. The van der Waals surface area contributed by atoms with Crippen molar-refractivity contribution in [3.8, 4) is 0 Å². The minimum atomic E-state index is -0.139. The Balaban J connectivity index is 1.12. The van der Waals surface area contributed by atoms with Crippen LogP contribution in [0.5, 0.6) is 0 Å². The maximum atomic E-state index is 12.7. The normalized spacial score (nSPS) is 14.3. The van der Waals surface area contributed by atoms with Crippen LogP contribution < -0.4 is 5.32 Å². The molecule has 0 saturated carbocycles. The molecule has 1 amide bonds. The lowest BCUT2D eigenvalue weighted by Crippen LogP contribution is -2.29. The van der Waals surface area contributed by atoms with E-state index in [0.717, 1.165) is 62.2 Å². The van der Waals surface area contributed by atoms with Crippen LogP contribution in [0.2, 0.25) is 0 Å². The van der Waals surface area contributed by atoms with Crippen LogP contribution in [-0.2, 0) is 13.1 Å². The Hall–Kier alpha value is -3.64. The van der Waals surface area contributed by atoms with Gasteiger partial charge in [0.1, 0.15) is 11.3 Å². The molecule has 1 N–H and O–H groups in total. The molecule has 0 aliphatic carbocycles. The van der Waals surface area contributed by atoms with Gasteiger partial charge >= 0.3 is 0 Å². The van der Waals surface area contributed by atoms with Crippen LogP contribution in [0.4, 0.5) is 0 Å². The van der Waals surface area contributed by atoms with E-state index in [0.29, 0.717) is 12.1 Å². The van der Waals surface area contributed by atoms with Gasteiger partial charge in [0, 0.05) is 19.6 Å². The number of hydrogen-bond donors (Lipinski definition) is 1. The third-order valence-corrected chi connectivity index (χ3v) is 6.46. The highest BCUT2D eigenvalue weighted by Gasteiger charge is 2.15. The number of nitrogens with zero attached hydrogens (tertiary/aromatic N) is 3. The van der Waals surface area contributed by atoms with Crippen LogP contribution in [0.25, 0.3) is 16.6 Å². The predicted octanol–water partition coefficient (Wildman–Crippen LogP) is 5.13. The molecule has 0 bridgehead atoms. The molecule has 0 unspecified atom stereocenters. The van der Waals surface area contributed by atoms with Gasteiger partial charge in [-0.1, -0.05) is 42.5 Å². The molecule has 1 aliphatic heterocycles. The number of hydrogen-bond acceptors (Lipinski definition) is 4. The topological polar surface area (TPSA) is 63.3 Å². The van der Waals surface area contributed by atoms with Crippen molar-refractivity contribution in [1.29, 1.82) is 0 Å². The van der Waals surface area contributed by atoms with Crippen molar-refractivity contribution in [1.82, 2.24) is 19.8 Å². The first-order valence-electron chi connectivity index (χ1n) is 12.0. The maximum Gasteiger partial charge on any atom is 0.253 e. The van der Waals surface area contributed by atoms with Crippen LogP contribution >= 0.6 is 0 Å². The van der Waals surface area contributed by atoms with Crippen molar-refractivity contribution in [2.75, 3.05) is 19.6 Å². The zero-order valence-corrected chi connectivity index (χ0v) is 19.3. The summed E-state index contributed by atoms with van der Waals surface area (Å²) in [6, 6.07) is 20.1. The average molecular weight is 455 g/mol. The van der Waals surface area contributed by atoms with Crippen molar-refractivity contribution in [3.63, 3.8) is 0 Å². The van der Waals surface area contributed by atoms with Crippen molar-refractivity contribution < 1.29 is 9.21 Å². The van der Waals surface area contributed by atoms with E-state index in [-0.39, 0.29) is 5.91 Å². The number of imidazole rings is 1. The first-order valence-corrected chi connectivity index (χ1v) is 12.0. The number of amides is 1. The fraction of sp³-hybridized carbons (Fsp3) is 0.286. The summed E-state index contributed by atoms with van der Waals surface area (Å²) in [5, 5.41) is 2.91. The zero-order valence-electron chi connectivity index (χ0n) is 19.3. The van der Waals surface area contributed by atoms with Gasteiger partial charge in [0.15, 0.2) is 0 Å². The Morgan fingerprint density at radius 3 is 2.68 bits per heavy atom. The molecule has 2 aromatic carbocycles. The first kappa shape index (κ1) is 22.2. The number of rotatable bonds is 9. The van der Waals surface area contributed by atoms with Gasteiger partial charge in [-0.3, -0.25) is 9.69 Å². The molecular weight excluding hydrogens is 424 g/mol. The third kappa shape index (κ3) is 5.13. The maximum absolute atomic E-state index is 12.7. The van der Waals surface area contributed by atoms with E-state index < -0.39 is 0 Å². The predicted molar refractivity (Wildman–Crippen MR) is 134 cm³/mol. The Morgan fingerprint density at radius 1 is 1.00 bits per heavy atom. The molecule has 0 radical (unpaired) electrons. The Morgan fingerprint density at radius 2 is 1.88 bits per heavy atom. The second kappa shape index (κ2) is 10.5. The van der Waals surface area contributed by atoms with Gasteiger partial charge in [-0.05, 0) is 61.2 Å². The second-order valence-corrected chi connectivity index (χ2v) is 8.73. The van der Waals surface area contributed by atoms with Gasteiger partial charge in [-0.15, -0.1) is 0 Å². The molecule has 4 aromatic rings. The number of benzene rings is 2. The number of carbonyl (C=O) groups excluding carboxylic acids is 1. The Bertz CT molecular complexity index is 1260. The largest absolute Gasteiger partial charge is 0.467 e. The van der Waals surface area contributed by atoms with E-state index in [1.54, 1.807) is 6.26 Å². The van der Waals surface area contributed by atoms with Gasteiger partial charge in [-0.2, -0.15) is 0 Å². The molecule has 0 saturated heterocycles. The molecule has 0 fully saturated rings. The summed E-state index contributed by atoms with van der Waals surface area (Å²) in [6.45, 7) is 4.50.